The van der Waals surface area contributed by atoms with Crippen molar-refractivity contribution >= 4 is 34.8 Å². The van der Waals surface area contributed by atoms with Gasteiger partial charge in [0.15, 0.2) is 0 Å². The summed E-state index contributed by atoms with van der Waals surface area (Å²) in [6.07, 6.45) is 1.61. The summed E-state index contributed by atoms with van der Waals surface area (Å²) in [5.41, 5.74) is 2.65. The van der Waals surface area contributed by atoms with E-state index in [9.17, 15) is 23.6 Å². The highest BCUT2D eigenvalue weighted by Gasteiger charge is 2.37. The van der Waals surface area contributed by atoms with Gasteiger partial charge in [-0.05, 0) is 37.3 Å². The molecule has 5 rings (SSSR count). The van der Waals surface area contributed by atoms with Crippen LogP contribution in [0.5, 0.6) is 0 Å². The summed E-state index contributed by atoms with van der Waals surface area (Å²) in [7, 11) is 0. The summed E-state index contributed by atoms with van der Waals surface area (Å²) in [6.45, 7) is 2.28. The Morgan fingerprint density at radius 2 is 1.50 bits per heavy atom. The lowest BCUT2D eigenvalue weighted by molar-refractivity contribution is -0.115. The van der Waals surface area contributed by atoms with Gasteiger partial charge < -0.3 is 4.90 Å². The molecule has 32 heavy (non-hydrogen) atoms. The van der Waals surface area contributed by atoms with Gasteiger partial charge in [-0.15, -0.1) is 5.10 Å². The summed E-state index contributed by atoms with van der Waals surface area (Å²) < 4.78 is 14.9. The number of carbonyl (C=O) groups excluding carboxylic acids is 4. The van der Waals surface area contributed by atoms with Crippen molar-refractivity contribution in [3.8, 4) is 0 Å². The van der Waals surface area contributed by atoms with Crippen LogP contribution in [-0.2, 0) is 22.7 Å². The van der Waals surface area contributed by atoms with Gasteiger partial charge in [0.05, 0.1) is 41.8 Å². The molecule has 0 aliphatic carbocycles. The zero-order valence-corrected chi connectivity index (χ0v) is 16.9. The van der Waals surface area contributed by atoms with Crippen molar-refractivity contribution in [2.24, 2.45) is 0 Å². The Labute approximate surface area is 181 Å². The number of ketones is 2. The number of fused-ring (bicyclic) bond motifs is 2. The molecular formula is C22H16FN5O4. The largest absolute Gasteiger partial charge is 0.303 e. The fraction of sp³-hybridized carbons (Fsp3) is 0.182. The highest BCUT2D eigenvalue weighted by Crippen LogP contribution is 2.31. The minimum Gasteiger partial charge on any atom is -0.303 e. The average Bonchev–Trinajstić information content (AvgIpc) is 3.39. The van der Waals surface area contributed by atoms with Gasteiger partial charge in [0.1, 0.15) is 11.5 Å². The predicted octanol–water partition coefficient (Wildman–Crippen LogP) is 1.68. The first kappa shape index (κ1) is 19.7. The maximum absolute atomic E-state index is 13.4. The molecular weight excluding hydrogens is 417 g/mol. The molecule has 9 nitrogen and oxygen atoms in total. The van der Waals surface area contributed by atoms with E-state index in [4.69, 9.17) is 0 Å². The molecule has 0 atom stereocenters. The van der Waals surface area contributed by atoms with E-state index in [-0.39, 0.29) is 25.2 Å². The van der Waals surface area contributed by atoms with E-state index >= 15 is 0 Å². The lowest BCUT2D eigenvalue weighted by atomic mass is 10.1. The molecule has 0 fully saturated rings. The third-order valence-corrected chi connectivity index (χ3v) is 5.52. The lowest BCUT2D eigenvalue weighted by Crippen LogP contribution is -2.32. The van der Waals surface area contributed by atoms with E-state index in [2.05, 4.69) is 10.3 Å². The molecule has 0 unspecified atom stereocenters. The summed E-state index contributed by atoms with van der Waals surface area (Å²) in [6, 6.07) is 8.89. The minimum atomic E-state index is -0.745. The number of anilines is 2. The molecule has 0 N–H and O–H groups in total. The van der Waals surface area contributed by atoms with E-state index < -0.39 is 29.2 Å². The molecule has 2 aliphatic rings. The Bertz CT molecular complexity index is 1330. The quantitative estimate of drug-likeness (QED) is 0.567. The van der Waals surface area contributed by atoms with Crippen molar-refractivity contribution in [1.82, 2.24) is 15.0 Å². The van der Waals surface area contributed by atoms with Gasteiger partial charge in [0, 0.05) is 6.54 Å². The summed E-state index contributed by atoms with van der Waals surface area (Å²) in [4.78, 5) is 51.7. The maximum atomic E-state index is 13.4. The molecule has 0 saturated heterocycles. The lowest BCUT2D eigenvalue weighted by Gasteiger charge is -2.16. The van der Waals surface area contributed by atoms with E-state index in [1.165, 1.54) is 26.6 Å². The number of nitrogens with zero attached hydrogens (tertiary/aromatic N) is 5. The fourth-order valence-corrected chi connectivity index (χ4v) is 3.95. The second-order valence-corrected chi connectivity index (χ2v) is 7.66. The van der Waals surface area contributed by atoms with Gasteiger partial charge in [-0.3, -0.25) is 28.8 Å². The van der Waals surface area contributed by atoms with Crippen LogP contribution in [-0.4, -0.2) is 44.9 Å². The first-order chi connectivity index (χ1) is 15.3. The standard InChI is InChI=1S/C22H16FN5O4/c1-12-2-4-18-15(8-12)19(29)22(32)28(18)11-14-10-26(25-24-14)6-7-27-17-5-3-13(23)9-16(17)20(30)21(27)31/h2-5,8-10H,6-7,11H2,1H3. The first-order valence-corrected chi connectivity index (χ1v) is 9.85. The van der Waals surface area contributed by atoms with Crippen LogP contribution in [0.25, 0.3) is 0 Å². The molecule has 0 saturated carbocycles. The Kier molecular flexibility index (Phi) is 4.43. The minimum absolute atomic E-state index is 0.0420. The highest BCUT2D eigenvalue weighted by atomic mass is 19.1. The third-order valence-electron chi connectivity index (χ3n) is 5.52. The predicted molar refractivity (Wildman–Crippen MR) is 110 cm³/mol. The average molecular weight is 433 g/mol. The van der Waals surface area contributed by atoms with Crippen molar-refractivity contribution < 1.29 is 23.6 Å². The first-order valence-electron chi connectivity index (χ1n) is 9.85. The topological polar surface area (TPSA) is 105 Å². The van der Waals surface area contributed by atoms with E-state index in [0.29, 0.717) is 22.6 Å². The van der Waals surface area contributed by atoms with E-state index in [0.717, 1.165) is 11.6 Å². The zero-order chi connectivity index (χ0) is 22.6. The number of halogens is 1. The van der Waals surface area contributed by atoms with Crippen LogP contribution in [0.1, 0.15) is 32.0 Å². The van der Waals surface area contributed by atoms with Crippen LogP contribution in [0.4, 0.5) is 15.8 Å². The number of carbonyl (C=O) groups is 4. The van der Waals surface area contributed by atoms with Crippen molar-refractivity contribution in [1.29, 1.82) is 0 Å². The van der Waals surface area contributed by atoms with Crippen LogP contribution in [0.3, 0.4) is 0 Å². The molecule has 2 amide bonds. The molecule has 1 aromatic heterocycles. The van der Waals surface area contributed by atoms with E-state index in [1.54, 1.807) is 18.3 Å². The van der Waals surface area contributed by atoms with E-state index in [1.807, 2.05) is 13.0 Å². The molecule has 2 aliphatic heterocycles. The fourth-order valence-electron chi connectivity index (χ4n) is 3.95. The number of aromatic nitrogens is 3. The number of rotatable bonds is 5. The monoisotopic (exact) mass is 433 g/mol. The molecule has 2 aromatic carbocycles. The van der Waals surface area contributed by atoms with Crippen LogP contribution in [0.15, 0.2) is 42.6 Å². The van der Waals surface area contributed by atoms with Crippen LogP contribution in [0.2, 0.25) is 0 Å². The van der Waals surface area contributed by atoms with Crippen LogP contribution >= 0.6 is 0 Å². The summed E-state index contributed by atoms with van der Waals surface area (Å²) in [5, 5.41) is 8.06. The van der Waals surface area contributed by atoms with Crippen molar-refractivity contribution in [2.75, 3.05) is 16.3 Å². The van der Waals surface area contributed by atoms with Gasteiger partial charge in [-0.25, -0.2) is 4.39 Å². The molecule has 3 heterocycles. The van der Waals surface area contributed by atoms with Gasteiger partial charge in [-0.1, -0.05) is 16.8 Å². The number of Topliss-reactive ketones (excluding diaryl/α,β-unsaturated/α-hetero) is 2. The van der Waals surface area contributed by atoms with Crippen molar-refractivity contribution in [3.63, 3.8) is 0 Å². The maximum Gasteiger partial charge on any atom is 0.299 e. The van der Waals surface area contributed by atoms with Gasteiger partial charge in [-0.2, -0.15) is 0 Å². The number of amides is 2. The van der Waals surface area contributed by atoms with Crippen molar-refractivity contribution in [3.05, 3.63) is 70.8 Å². The number of hydrogen-bond acceptors (Lipinski definition) is 6. The second kappa shape index (κ2) is 7.19. The summed E-state index contributed by atoms with van der Waals surface area (Å²) in [5.74, 6) is -3.23. The molecule has 0 radical (unpaired) electrons. The molecule has 3 aromatic rings. The van der Waals surface area contributed by atoms with Gasteiger partial charge >= 0.3 is 0 Å². The Morgan fingerprint density at radius 3 is 2.28 bits per heavy atom. The SMILES string of the molecule is Cc1ccc2c(c1)C(=O)C(=O)N2Cc1cn(CCN2C(=O)C(=O)c3cc(F)ccc32)nn1. The number of hydrogen-bond donors (Lipinski definition) is 0. The Balaban J connectivity index is 1.30. The smallest absolute Gasteiger partial charge is 0.299 e. The van der Waals surface area contributed by atoms with Gasteiger partial charge in [0.25, 0.3) is 23.4 Å². The molecule has 0 bridgehead atoms. The van der Waals surface area contributed by atoms with Crippen LogP contribution in [0, 0.1) is 12.7 Å². The molecule has 160 valence electrons. The van der Waals surface area contributed by atoms with Crippen LogP contribution < -0.4 is 9.80 Å². The Morgan fingerprint density at radius 1 is 0.844 bits per heavy atom. The second-order valence-electron chi connectivity index (χ2n) is 7.66. The molecule has 0 spiro atoms. The third kappa shape index (κ3) is 3.08. The summed E-state index contributed by atoms with van der Waals surface area (Å²) >= 11 is 0. The Hall–Kier alpha value is -4.21. The van der Waals surface area contributed by atoms with Gasteiger partial charge in [0.2, 0.25) is 0 Å². The van der Waals surface area contributed by atoms with Crippen molar-refractivity contribution in [2.45, 2.75) is 20.0 Å². The normalized spacial score (nSPS) is 15.1. The highest BCUT2D eigenvalue weighted by molar-refractivity contribution is 6.52. The zero-order valence-electron chi connectivity index (χ0n) is 16.9. The number of benzene rings is 2. The number of aryl methyl sites for hydroxylation is 1. The molecule has 10 heteroatoms.